The average molecular weight is 328 g/mol. The molecule has 0 aliphatic heterocycles. The first-order chi connectivity index (χ1) is 10.2. The van der Waals surface area contributed by atoms with Crippen LogP contribution in [0.2, 0.25) is 0 Å². The predicted octanol–water partition coefficient (Wildman–Crippen LogP) is 0.0740. The second kappa shape index (κ2) is 14.8. The molecule has 0 atom stereocenters. The van der Waals surface area contributed by atoms with Gasteiger partial charge in [-0.2, -0.15) is 0 Å². The number of methoxy groups -OCH3 is 2. The van der Waals surface area contributed by atoms with E-state index in [0.717, 1.165) is 0 Å². The molecule has 0 amide bonds. The Bertz CT molecular complexity index is 197. The third kappa shape index (κ3) is 11.2. The maximum Gasteiger partial charge on any atom is 0.679 e. The van der Waals surface area contributed by atoms with Crippen LogP contribution in [0.25, 0.3) is 0 Å². The van der Waals surface area contributed by atoms with Gasteiger partial charge in [0.05, 0.1) is 52.9 Å². The van der Waals surface area contributed by atoms with Gasteiger partial charge in [-0.25, -0.2) is 0 Å². The van der Waals surface area contributed by atoms with Crippen molar-refractivity contribution in [3.63, 3.8) is 0 Å². The summed E-state index contributed by atoms with van der Waals surface area (Å²) in [5, 5.41) is 0. The van der Waals surface area contributed by atoms with E-state index >= 15 is 0 Å². The fourth-order valence-electron chi connectivity index (χ4n) is 1.30. The van der Waals surface area contributed by atoms with E-state index in [1.54, 1.807) is 14.2 Å². The van der Waals surface area contributed by atoms with Crippen molar-refractivity contribution < 1.29 is 36.7 Å². The van der Waals surface area contributed by atoms with E-state index < -0.39 is 9.05 Å². The van der Waals surface area contributed by atoms with Gasteiger partial charge in [-0.15, -0.1) is 0 Å². The smallest absolute Gasteiger partial charge is 0.382 e. The lowest BCUT2D eigenvalue weighted by Crippen LogP contribution is -2.48. The summed E-state index contributed by atoms with van der Waals surface area (Å²) in [6, 6.07) is 0. The second-order valence-corrected chi connectivity index (χ2v) is 6.21. The Morgan fingerprint density at radius 2 is 0.905 bits per heavy atom. The summed E-state index contributed by atoms with van der Waals surface area (Å²) in [5.41, 5.74) is 0. The van der Waals surface area contributed by atoms with Crippen molar-refractivity contribution in [1.82, 2.24) is 0 Å². The molecule has 0 radical (unpaired) electrons. The standard InChI is InChI=1S/C12H28O8Si/c1-13-5-7-17-9-11-19-21(15-3,16-4)20-12-10-18-8-6-14-2/h5-12H2,1-4H3. The molecule has 0 heterocycles. The highest BCUT2D eigenvalue weighted by molar-refractivity contribution is 6.53. The molecular weight excluding hydrogens is 300 g/mol. The lowest BCUT2D eigenvalue weighted by atomic mass is 10.7. The fraction of sp³-hybridized carbons (Fsp3) is 1.00. The van der Waals surface area contributed by atoms with Crippen molar-refractivity contribution in [2.75, 3.05) is 81.3 Å². The van der Waals surface area contributed by atoms with Crippen LogP contribution in [0.1, 0.15) is 0 Å². The van der Waals surface area contributed by atoms with Crippen LogP contribution in [0.4, 0.5) is 0 Å². The summed E-state index contributed by atoms with van der Waals surface area (Å²) in [5.74, 6) is 0. The van der Waals surface area contributed by atoms with Gasteiger partial charge in [-0.1, -0.05) is 0 Å². The Kier molecular flexibility index (Phi) is 14.7. The van der Waals surface area contributed by atoms with E-state index in [9.17, 15) is 0 Å². The fourth-order valence-corrected chi connectivity index (χ4v) is 2.69. The van der Waals surface area contributed by atoms with E-state index in [2.05, 4.69) is 0 Å². The average Bonchev–Trinajstić information content (AvgIpc) is 2.52. The molecule has 0 spiro atoms. The van der Waals surface area contributed by atoms with Gasteiger partial charge >= 0.3 is 9.05 Å². The second-order valence-electron chi connectivity index (χ2n) is 3.82. The van der Waals surface area contributed by atoms with Crippen molar-refractivity contribution >= 4 is 9.05 Å². The van der Waals surface area contributed by atoms with Crippen molar-refractivity contribution in [1.29, 1.82) is 0 Å². The molecule has 0 unspecified atom stereocenters. The van der Waals surface area contributed by atoms with E-state index in [-0.39, 0.29) is 0 Å². The van der Waals surface area contributed by atoms with Gasteiger partial charge in [-0.05, 0) is 0 Å². The monoisotopic (exact) mass is 328 g/mol. The van der Waals surface area contributed by atoms with Gasteiger partial charge in [-0.3, -0.25) is 0 Å². The minimum Gasteiger partial charge on any atom is -0.382 e. The number of hydrogen-bond donors (Lipinski definition) is 0. The van der Waals surface area contributed by atoms with E-state index in [1.807, 2.05) is 0 Å². The Balaban J connectivity index is 3.78. The van der Waals surface area contributed by atoms with Crippen LogP contribution in [0.3, 0.4) is 0 Å². The summed E-state index contributed by atoms with van der Waals surface area (Å²) >= 11 is 0. The first-order valence-electron chi connectivity index (χ1n) is 6.76. The molecule has 0 saturated heterocycles. The maximum atomic E-state index is 5.56. The first-order valence-corrected chi connectivity index (χ1v) is 8.39. The predicted molar refractivity (Wildman–Crippen MR) is 77.1 cm³/mol. The minimum atomic E-state index is -3.10. The summed E-state index contributed by atoms with van der Waals surface area (Å²) in [7, 11) is 3.13. The van der Waals surface area contributed by atoms with Crippen LogP contribution < -0.4 is 0 Å². The van der Waals surface area contributed by atoms with Crippen LogP contribution >= 0.6 is 0 Å². The van der Waals surface area contributed by atoms with Crippen LogP contribution in [0.15, 0.2) is 0 Å². The Morgan fingerprint density at radius 1 is 0.524 bits per heavy atom. The largest absolute Gasteiger partial charge is 0.679 e. The van der Waals surface area contributed by atoms with Gasteiger partial charge in [0, 0.05) is 28.4 Å². The SMILES string of the molecule is COCCOCCO[Si](OC)(OC)OCCOCCOC. The zero-order valence-corrected chi connectivity index (χ0v) is 14.4. The molecule has 0 aromatic rings. The van der Waals surface area contributed by atoms with Gasteiger partial charge in [0.2, 0.25) is 0 Å². The summed E-state index contributed by atoms with van der Waals surface area (Å²) in [6.07, 6.45) is 0. The molecule has 0 rings (SSSR count). The number of ether oxygens (including phenoxy) is 4. The molecule has 21 heavy (non-hydrogen) atoms. The third-order valence-corrected chi connectivity index (χ3v) is 4.49. The first kappa shape index (κ1) is 20.9. The lowest BCUT2D eigenvalue weighted by molar-refractivity contribution is -0.0396. The molecule has 128 valence electrons. The Labute approximate surface area is 128 Å². The van der Waals surface area contributed by atoms with Crippen molar-refractivity contribution in [3.8, 4) is 0 Å². The van der Waals surface area contributed by atoms with Gasteiger partial charge in [0.25, 0.3) is 0 Å². The van der Waals surface area contributed by atoms with Crippen molar-refractivity contribution in [2.45, 2.75) is 0 Å². The van der Waals surface area contributed by atoms with Crippen LogP contribution in [0.5, 0.6) is 0 Å². The summed E-state index contributed by atoms with van der Waals surface area (Å²) in [4.78, 5) is 0. The highest BCUT2D eigenvalue weighted by Crippen LogP contribution is 2.09. The van der Waals surface area contributed by atoms with Crippen LogP contribution in [-0.2, 0) is 36.7 Å². The Hall–Kier alpha value is -0.103. The molecule has 0 fully saturated rings. The van der Waals surface area contributed by atoms with Gasteiger partial charge in [0.15, 0.2) is 0 Å². The van der Waals surface area contributed by atoms with Crippen molar-refractivity contribution in [2.24, 2.45) is 0 Å². The van der Waals surface area contributed by atoms with E-state index in [1.165, 1.54) is 14.2 Å². The minimum absolute atomic E-state index is 0.322. The van der Waals surface area contributed by atoms with Crippen LogP contribution in [-0.4, -0.2) is 90.3 Å². The third-order valence-electron chi connectivity index (χ3n) is 2.38. The summed E-state index contributed by atoms with van der Waals surface area (Å²) in [6.45, 7) is 3.60. The lowest BCUT2D eigenvalue weighted by Gasteiger charge is -2.24. The Morgan fingerprint density at radius 3 is 1.24 bits per heavy atom. The van der Waals surface area contributed by atoms with Crippen LogP contribution in [0, 0.1) is 0 Å². The molecule has 0 aromatic carbocycles. The molecule has 0 aromatic heterocycles. The summed E-state index contributed by atoms with van der Waals surface area (Å²) < 4.78 is 42.0. The normalized spacial score (nSPS) is 12.0. The maximum absolute atomic E-state index is 5.56. The molecule has 0 aliphatic carbocycles. The highest BCUT2D eigenvalue weighted by atomic mass is 28.4. The van der Waals surface area contributed by atoms with Crippen molar-refractivity contribution in [3.05, 3.63) is 0 Å². The van der Waals surface area contributed by atoms with E-state index in [4.69, 9.17) is 36.7 Å². The molecule has 0 aliphatic rings. The quantitative estimate of drug-likeness (QED) is 0.291. The zero-order valence-electron chi connectivity index (χ0n) is 13.4. The molecule has 0 bridgehead atoms. The molecule has 8 nitrogen and oxygen atoms in total. The van der Waals surface area contributed by atoms with Gasteiger partial charge < -0.3 is 36.7 Å². The van der Waals surface area contributed by atoms with E-state index in [0.29, 0.717) is 52.9 Å². The number of hydrogen-bond acceptors (Lipinski definition) is 8. The highest BCUT2D eigenvalue weighted by Gasteiger charge is 2.43. The van der Waals surface area contributed by atoms with Gasteiger partial charge in [0.1, 0.15) is 0 Å². The molecule has 0 saturated carbocycles. The topological polar surface area (TPSA) is 73.8 Å². The number of rotatable bonds is 16. The molecule has 0 N–H and O–H groups in total. The molecule has 9 heteroatoms. The molecular formula is C12H28O8Si. The zero-order chi connectivity index (χ0) is 15.8.